The molecular weight excluding hydrogens is 376 g/mol. The lowest BCUT2D eigenvalue weighted by Gasteiger charge is -2.07. The predicted octanol–water partition coefficient (Wildman–Crippen LogP) is 4.44. The summed E-state index contributed by atoms with van der Waals surface area (Å²) in [7, 11) is 1.57. The zero-order valence-corrected chi connectivity index (χ0v) is 13.2. The van der Waals surface area contributed by atoms with E-state index in [4.69, 9.17) is 9.47 Å². The van der Waals surface area contributed by atoms with Crippen LogP contribution >= 0.6 is 31.9 Å². The summed E-state index contributed by atoms with van der Waals surface area (Å²) in [6.45, 7) is 0. The van der Waals surface area contributed by atoms with Gasteiger partial charge in [0.05, 0.1) is 17.1 Å². The Hall–Kier alpha value is -1.33. The van der Waals surface area contributed by atoms with E-state index >= 15 is 0 Å². The Balaban J connectivity index is 2.16. The fourth-order valence-corrected chi connectivity index (χ4v) is 2.27. The average molecular weight is 386 g/mol. The van der Waals surface area contributed by atoms with E-state index in [9.17, 15) is 4.79 Å². The fraction of sp³-hybridized carbons (Fsp3) is 0.0714. The summed E-state index contributed by atoms with van der Waals surface area (Å²) in [5.41, 5.74) is 0.454. The summed E-state index contributed by atoms with van der Waals surface area (Å²) in [5, 5.41) is 0. The molecule has 2 aromatic rings. The van der Waals surface area contributed by atoms with Crippen LogP contribution in [-0.4, -0.2) is 13.1 Å². The molecular formula is C14H10Br2O3. The minimum Gasteiger partial charge on any atom is -0.496 e. The second kappa shape index (κ2) is 6.21. The molecule has 19 heavy (non-hydrogen) atoms. The second-order valence-corrected chi connectivity index (χ2v) is 5.46. The van der Waals surface area contributed by atoms with Crippen molar-refractivity contribution in [2.24, 2.45) is 0 Å². The monoisotopic (exact) mass is 384 g/mol. The Morgan fingerprint density at radius 2 is 1.74 bits per heavy atom. The fourth-order valence-electron chi connectivity index (χ4n) is 1.46. The molecule has 0 radical (unpaired) electrons. The first kappa shape index (κ1) is 14.1. The minimum atomic E-state index is -0.411. The lowest BCUT2D eigenvalue weighted by Crippen LogP contribution is -2.08. The van der Waals surface area contributed by atoms with Gasteiger partial charge in [-0.05, 0) is 58.4 Å². The van der Waals surface area contributed by atoms with Crippen LogP contribution in [0.25, 0.3) is 0 Å². The van der Waals surface area contributed by atoms with Crippen LogP contribution in [0, 0.1) is 0 Å². The van der Waals surface area contributed by atoms with Crippen LogP contribution in [0.1, 0.15) is 10.4 Å². The number of hydrogen-bond acceptors (Lipinski definition) is 3. The van der Waals surface area contributed by atoms with E-state index in [2.05, 4.69) is 31.9 Å². The summed E-state index contributed by atoms with van der Waals surface area (Å²) in [5.74, 6) is 0.756. The molecule has 0 aliphatic carbocycles. The van der Waals surface area contributed by atoms with Crippen LogP contribution in [0.2, 0.25) is 0 Å². The molecule has 0 fully saturated rings. The predicted molar refractivity (Wildman–Crippen MR) is 79.8 cm³/mol. The van der Waals surface area contributed by atoms with Crippen molar-refractivity contribution in [3.63, 3.8) is 0 Å². The number of carbonyl (C=O) groups is 1. The molecule has 5 heteroatoms. The van der Waals surface area contributed by atoms with E-state index < -0.39 is 5.97 Å². The Morgan fingerprint density at radius 3 is 2.32 bits per heavy atom. The highest BCUT2D eigenvalue weighted by atomic mass is 79.9. The van der Waals surface area contributed by atoms with Crippen molar-refractivity contribution in [3.05, 3.63) is 57.0 Å². The Bertz CT molecular complexity index is 594. The van der Waals surface area contributed by atoms with Gasteiger partial charge in [-0.2, -0.15) is 0 Å². The molecule has 2 rings (SSSR count). The number of rotatable bonds is 3. The number of esters is 1. The van der Waals surface area contributed by atoms with Crippen LogP contribution in [-0.2, 0) is 0 Å². The lowest BCUT2D eigenvalue weighted by atomic mass is 10.2. The quantitative estimate of drug-likeness (QED) is 0.578. The molecule has 0 saturated heterocycles. The van der Waals surface area contributed by atoms with Crippen molar-refractivity contribution in [2.45, 2.75) is 0 Å². The molecule has 0 heterocycles. The number of carbonyl (C=O) groups excluding carboxylic acids is 1. The maximum Gasteiger partial charge on any atom is 0.343 e. The molecule has 98 valence electrons. The smallest absolute Gasteiger partial charge is 0.343 e. The van der Waals surface area contributed by atoms with Gasteiger partial charge in [-0.15, -0.1) is 0 Å². The number of hydrogen-bond donors (Lipinski definition) is 0. The number of benzene rings is 2. The Labute approximate surface area is 127 Å². The maximum atomic E-state index is 12.0. The Kier molecular flexibility index (Phi) is 4.61. The van der Waals surface area contributed by atoms with E-state index in [0.717, 1.165) is 4.47 Å². The highest BCUT2D eigenvalue weighted by Crippen LogP contribution is 2.26. The molecule has 0 atom stereocenters. The van der Waals surface area contributed by atoms with Crippen molar-refractivity contribution < 1.29 is 14.3 Å². The van der Waals surface area contributed by atoms with E-state index in [-0.39, 0.29) is 0 Å². The zero-order valence-electron chi connectivity index (χ0n) is 10.0. The van der Waals surface area contributed by atoms with E-state index in [1.165, 1.54) is 0 Å². The largest absolute Gasteiger partial charge is 0.496 e. The van der Waals surface area contributed by atoms with Gasteiger partial charge in [-0.1, -0.05) is 15.9 Å². The third kappa shape index (κ3) is 3.58. The van der Waals surface area contributed by atoms with Crippen molar-refractivity contribution in [1.82, 2.24) is 0 Å². The topological polar surface area (TPSA) is 35.5 Å². The summed E-state index contributed by atoms with van der Waals surface area (Å²) in [6, 6.07) is 12.1. The van der Waals surface area contributed by atoms with E-state index in [1.54, 1.807) is 37.4 Å². The van der Waals surface area contributed by atoms with Crippen LogP contribution in [0.15, 0.2) is 51.4 Å². The highest BCUT2D eigenvalue weighted by Gasteiger charge is 2.11. The highest BCUT2D eigenvalue weighted by molar-refractivity contribution is 9.10. The standard InChI is InChI=1S/C14H10Br2O3/c1-18-13-7-2-9(8-12(13)16)14(17)19-11-5-3-10(15)4-6-11/h2-8H,1H3. The van der Waals surface area contributed by atoms with Gasteiger partial charge in [0.1, 0.15) is 11.5 Å². The molecule has 2 aromatic carbocycles. The van der Waals surface area contributed by atoms with Crippen molar-refractivity contribution >= 4 is 37.8 Å². The molecule has 0 aliphatic rings. The van der Waals surface area contributed by atoms with Crippen molar-refractivity contribution in [2.75, 3.05) is 7.11 Å². The van der Waals surface area contributed by atoms with Crippen LogP contribution < -0.4 is 9.47 Å². The lowest BCUT2D eigenvalue weighted by molar-refractivity contribution is 0.0734. The third-order valence-corrected chi connectivity index (χ3v) is 3.56. The molecule has 0 unspecified atom stereocenters. The van der Waals surface area contributed by atoms with Crippen LogP contribution in [0.4, 0.5) is 0 Å². The van der Waals surface area contributed by atoms with E-state index in [0.29, 0.717) is 21.5 Å². The summed E-state index contributed by atoms with van der Waals surface area (Å²) >= 11 is 6.65. The van der Waals surface area contributed by atoms with Gasteiger partial charge in [0.2, 0.25) is 0 Å². The number of ether oxygens (including phenoxy) is 2. The molecule has 0 bridgehead atoms. The normalized spacial score (nSPS) is 10.1. The van der Waals surface area contributed by atoms with Crippen LogP contribution in [0.5, 0.6) is 11.5 Å². The second-order valence-electron chi connectivity index (χ2n) is 3.69. The summed E-state index contributed by atoms with van der Waals surface area (Å²) in [4.78, 5) is 12.0. The van der Waals surface area contributed by atoms with Crippen LogP contribution in [0.3, 0.4) is 0 Å². The summed E-state index contributed by atoms with van der Waals surface area (Å²) < 4.78 is 12.0. The zero-order chi connectivity index (χ0) is 13.8. The molecule has 3 nitrogen and oxygen atoms in total. The maximum absolute atomic E-state index is 12.0. The average Bonchev–Trinajstić information content (AvgIpc) is 2.41. The van der Waals surface area contributed by atoms with Gasteiger partial charge >= 0.3 is 5.97 Å². The molecule has 0 aromatic heterocycles. The molecule has 0 spiro atoms. The first-order valence-electron chi connectivity index (χ1n) is 5.41. The summed E-state index contributed by atoms with van der Waals surface area (Å²) in [6.07, 6.45) is 0. The van der Waals surface area contributed by atoms with Gasteiger partial charge in [0.15, 0.2) is 0 Å². The molecule has 0 aliphatic heterocycles. The van der Waals surface area contributed by atoms with Gasteiger partial charge in [0, 0.05) is 4.47 Å². The van der Waals surface area contributed by atoms with Gasteiger partial charge < -0.3 is 9.47 Å². The van der Waals surface area contributed by atoms with Gasteiger partial charge in [-0.25, -0.2) is 4.79 Å². The minimum absolute atomic E-state index is 0.411. The SMILES string of the molecule is COc1ccc(C(=O)Oc2ccc(Br)cc2)cc1Br. The van der Waals surface area contributed by atoms with Crippen molar-refractivity contribution in [3.8, 4) is 11.5 Å². The van der Waals surface area contributed by atoms with Crippen molar-refractivity contribution in [1.29, 1.82) is 0 Å². The van der Waals surface area contributed by atoms with Gasteiger partial charge in [-0.3, -0.25) is 0 Å². The first-order chi connectivity index (χ1) is 9.10. The van der Waals surface area contributed by atoms with E-state index in [1.807, 2.05) is 12.1 Å². The Morgan fingerprint density at radius 1 is 1.05 bits per heavy atom. The molecule has 0 saturated carbocycles. The third-order valence-electron chi connectivity index (χ3n) is 2.41. The first-order valence-corrected chi connectivity index (χ1v) is 7.00. The van der Waals surface area contributed by atoms with Gasteiger partial charge in [0.25, 0.3) is 0 Å². The number of halogens is 2. The number of methoxy groups -OCH3 is 1. The molecule has 0 amide bonds. The molecule has 0 N–H and O–H groups in total.